The normalized spacial score (nSPS) is 15.4. The largest absolute Gasteiger partial charge is 0.507 e. The molecular weight excluding hydrogens is 481 g/mol. The van der Waals surface area contributed by atoms with Gasteiger partial charge in [-0.2, -0.15) is 0 Å². The molecule has 2 heterocycles. The summed E-state index contributed by atoms with van der Waals surface area (Å²) in [6.07, 6.45) is 1.53. The number of hydrogen-bond donors (Lipinski definition) is 3. The van der Waals surface area contributed by atoms with Gasteiger partial charge in [0.25, 0.3) is 5.91 Å². The first-order chi connectivity index (χ1) is 17.4. The number of fused-ring (bicyclic) bond motifs is 5. The van der Waals surface area contributed by atoms with Crippen molar-refractivity contribution in [3.63, 3.8) is 0 Å². The monoisotopic (exact) mass is 509 g/mol. The van der Waals surface area contributed by atoms with Crippen LogP contribution in [0.25, 0.3) is 11.1 Å². The summed E-state index contributed by atoms with van der Waals surface area (Å²) in [7, 11) is 0. The Morgan fingerprint density at radius 1 is 1.00 bits per heavy atom. The molecule has 36 heavy (non-hydrogen) atoms. The molecule has 0 fully saturated rings. The third kappa shape index (κ3) is 6.48. The predicted octanol–water partition coefficient (Wildman–Crippen LogP) is 3.51. The van der Waals surface area contributed by atoms with E-state index in [1.807, 2.05) is 17.5 Å². The van der Waals surface area contributed by atoms with Gasteiger partial charge in [0.05, 0.1) is 6.42 Å². The van der Waals surface area contributed by atoms with Gasteiger partial charge in [0, 0.05) is 54.2 Å². The number of thiophene rings is 1. The van der Waals surface area contributed by atoms with E-state index < -0.39 is 11.7 Å². The molecule has 0 unspecified atom stereocenters. The van der Waals surface area contributed by atoms with Crippen molar-refractivity contribution in [2.45, 2.75) is 25.7 Å². The molecule has 2 aromatic carbocycles. The molecule has 1 aliphatic heterocycles. The van der Waals surface area contributed by atoms with Gasteiger partial charge in [0.2, 0.25) is 11.8 Å². The maximum absolute atomic E-state index is 14.7. The average molecular weight is 510 g/mol. The molecule has 9 heteroatoms. The van der Waals surface area contributed by atoms with Gasteiger partial charge in [0.15, 0.2) is 0 Å². The second-order valence-corrected chi connectivity index (χ2v) is 9.67. The Morgan fingerprint density at radius 3 is 2.67 bits per heavy atom. The summed E-state index contributed by atoms with van der Waals surface area (Å²) < 4.78 is 14.7. The lowest BCUT2D eigenvalue weighted by Gasteiger charge is -2.23. The van der Waals surface area contributed by atoms with Crippen molar-refractivity contribution < 1.29 is 23.9 Å². The van der Waals surface area contributed by atoms with Gasteiger partial charge in [0.1, 0.15) is 11.6 Å². The summed E-state index contributed by atoms with van der Waals surface area (Å²) in [6.45, 7) is 1.27. The molecule has 188 valence electrons. The van der Waals surface area contributed by atoms with E-state index in [9.17, 15) is 23.9 Å². The number of rotatable bonds is 2. The quantitative estimate of drug-likeness (QED) is 0.492. The molecule has 3 aromatic rings. The minimum absolute atomic E-state index is 0.0699. The number of phenolic OH excluding ortho intramolecular Hbond substituents is 1. The lowest BCUT2D eigenvalue weighted by molar-refractivity contribution is -0.131. The lowest BCUT2D eigenvalue weighted by Crippen LogP contribution is -2.40. The van der Waals surface area contributed by atoms with Crippen LogP contribution in [-0.2, 0) is 22.4 Å². The lowest BCUT2D eigenvalue weighted by atomic mass is 9.98. The Kier molecular flexibility index (Phi) is 8.32. The molecule has 3 N–H and O–H groups in total. The van der Waals surface area contributed by atoms with Crippen LogP contribution in [0.5, 0.6) is 5.75 Å². The van der Waals surface area contributed by atoms with Gasteiger partial charge in [-0.25, -0.2) is 4.39 Å². The molecule has 0 atom stereocenters. The Hall–Kier alpha value is -3.72. The molecule has 0 saturated carbocycles. The SMILES string of the molecule is O=C1CCCN(C(=O)Cc2cccs2)CCNC(=O)c2ccc(F)c(c2)-c2cc(ccc2O)CCN1. The number of carbonyl (C=O) groups excluding carboxylic acids is 3. The highest BCUT2D eigenvalue weighted by molar-refractivity contribution is 7.10. The highest BCUT2D eigenvalue weighted by atomic mass is 32.1. The zero-order chi connectivity index (χ0) is 25.5. The Bertz CT molecular complexity index is 1250. The number of nitrogens with one attached hydrogen (secondary N) is 2. The fraction of sp³-hybridized carbons (Fsp3) is 0.296. The van der Waals surface area contributed by atoms with Gasteiger partial charge < -0.3 is 20.6 Å². The van der Waals surface area contributed by atoms with Gasteiger partial charge in [-0.1, -0.05) is 12.1 Å². The summed E-state index contributed by atoms with van der Waals surface area (Å²) in [5, 5.41) is 18.0. The topological polar surface area (TPSA) is 98.7 Å². The summed E-state index contributed by atoms with van der Waals surface area (Å²) in [4.78, 5) is 40.7. The first-order valence-corrected chi connectivity index (χ1v) is 12.8. The summed E-state index contributed by atoms with van der Waals surface area (Å²) >= 11 is 1.51. The highest BCUT2D eigenvalue weighted by Crippen LogP contribution is 2.33. The Labute approximate surface area is 212 Å². The summed E-state index contributed by atoms with van der Waals surface area (Å²) in [5.41, 5.74) is 1.45. The molecule has 1 aliphatic rings. The molecule has 0 radical (unpaired) electrons. The zero-order valence-electron chi connectivity index (χ0n) is 19.8. The first-order valence-electron chi connectivity index (χ1n) is 11.9. The van der Waals surface area contributed by atoms with Crippen LogP contribution in [0.3, 0.4) is 0 Å². The number of amides is 3. The van der Waals surface area contributed by atoms with E-state index in [0.29, 0.717) is 25.9 Å². The molecule has 0 aliphatic carbocycles. The number of nitrogens with zero attached hydrogens (tertiary/aromatic N) is 1. The zero-order valence-corrected chi connectivity index (χ0v) is 20.6. The predicted molar refractivity (Wildman–Crippen MR) is 136 cm³/mol. The Balaban J connectivity index is 1.56. The number of benzene rings is 2. The van der Waals surface area contributed by atoms with Crippen molar-refractivity contribution in [2.75, 3.05) is 26.2 Å². The second-order valence-electron chi connectivity index (χ2n) is 8.64. The van der Waals surface area contributed by atoms with Crippen molar-refractivity contribution in [1.29, 1.82) is 0 Å². The van der Waals surface area contributed by atoms with Crippen LogP contribution in [0.2, 0.25) is 0 Å². The molecule has 1 aromatic heterocycles. The van der Waals surface area contributed by atoms with Crippen molar-refractivity contribution in [1.82, 2.24) is 15.5 Å². The third-order valence-electron chi connectivity index (χ3n) is 6.07. The fourth-order valence-corrected chi connectivity index (χ4v) is 4.83. The van der Waals surface area contributed by atoms with Crippen LogP contribution in [0.15, 0.2) is 53.9 Å². The number of phenols is 1. The van der Waals surface area contributed by atoms with E-state index in [0.717, 1.165) is 10.4 Å². The molecular formula is C27H28FN3O4S. The molecule has 4 bridgehead atoms. The van der Waals surface area contributed by atoms with Gasteiger partial charge in [-0.05, 0) is 60.2 Å². The molecule has 0 saturated heterocycles. The number of aromatic hydroxyl groups is 1. The van der Waals surface area contributed by atoms with E-state index in [1.165, 1.54) is 35.6 Å². The van der Waals surface area contributed by atoms with E-state index in [4.69, 9.17) is 0 Å². The third-order valence-corrected chi connectivity index (χ3v) is 6.95. The van der Waals surface area contributed by atoms with E-state index in [1.54, 1.807) is 17.0 Å². The van der Waals surface area contributed by atoms with Gasteiger partial charge in [-0.3, -0.25) is 14.4 Å². The molecule has 3 amide bonds. The van der Waals surface area contributed by atoms with E-state index in [2.05, 4.69) is 10.6 Å². The van der Waals surface area contributed by atoms with Crippen LogP contribution >= 0.6 is 11.3 Å². The molecule has 4 rings (SSSR count). The van der Waals surface area contributed by atoms with Crippen LogP contribution in [-0.4, -0.2) is 53.9 Å². The first kappa shape index (κ1) is 25.4. The maximum atomic E-state index is 14.7. The minimum atomic E-state index is -0.563. The van der Waals surface area contributed by atoms with Crippen LogP contribution in [0.4, 0.5) is 4.39 Å². The number of halogens is 1. The fourth-order valence-electron chi connectivity index (χ4n) is 4.13. The van der Waals surface area contributed by atoms with E-state index in [-0.39, 0.29) is 60.2 Å². The van der Waals surface area contributed by atoms with Crippen molar-refractivity contribution >= 4 is 29.1 Å². The second kappa shape index (κ2) is 11.8. The Morgan fingerprint density at radius 2 is 1.86 bits per heavy atom. The average Bonchev–Trinajstić information content (AvgIpc) is 3.37. The number of carbonyl (C=O) groups is 3. The van der Waals surface area contributed by atoms with Gasteiger partial charge >= 0.3 is 0 Å². The van der Waals surface area contributed by atoms with Crippen molar-refractivity contribution in [3.05, 3.63) is 75.7 Å². The van der Waals surface area contributed by atoms with Crippen LogP contribution in [0.1, 0.15) is 33.6 Å². The smallest absolute Gasteiger partial charge is 0.251 e. The molecule has 0 spiro atoms. The minimum Gasteiger partial charge on any atom is -0.507 e. The number of hydrogen-bond acceptors (Lipinski definition) is 5. The standard InChI is InChI=1S/C27H28FN3O4S/c28-23-7-6-19-16-21(23)22-15-18(5-8-24(22)32)9-10-29-25(33)4-1-12-31(13-11-30-27(19)35)26(34)17-20-3-2-14-36-20/h2-3,5-8,14-16,32H,1,4,9-13,17H2,(H,29,33)(H,30,35). The van der Waals surface area contributed by atoms with Gasteiger partial charge in [-0.15, -0.1) is 11.3 Å². The van der Waals surface area contributed by atoms with Crippen LogP contribution < -0.4 is 10.6 Å². The summed E-state index contributed by atoms with van der Waals surface area (Å²) in [6, 6.07) is 12.7. The maximum Gasteiger partial charge on any atom is 0.251 e. The van der Waals surface area contributed by atoms with Crippen molar-refractivity contribution in [3.8, 4) is 16.9 Å². The highest BCUT2D eigenvalue weighted by Gasteiger charge is 2.18. The van der Waals surface area contributed by atoms with E-state index >= 15 is 0 Å². The molecule has 7 nitrogen and oxygen atoms in total. The van der Waals surface area contributed by atoms with Crippen LogP contribution in [0, 0.1) is 5.82 Å². The summed E-state index contributed by atoms with van der Waals surface area (Å²) in [5.74, 6) is -1.26. The van der Waals surface area contributed by atoms with Crippen molar-refractivity contribution in [2.24, 2.45) is 0 Å².